The zero-order valence-corrected chi connectivity index (χ0v) is 13.9. The molecule has 1 aromatic heterocycles. The van der Waals surface area contributed by atoms with Gasteiger partial charge in [-0.15, -0.1) is 0 Å². The summed E-state index contributed by atoms with van der Waals surface area (Å²) in [4.78, 5) is 20.4. The van der Waals surface area contributed by atoms with Crippen molar-refractivity contribution in [2.24, 2.45) is 0 Å². The summed E-state index contributed by atoms with van der Waals surface area (Å²) in [6, 6.07) is 5.64. The average Bonchev–Trinajstić information content (AvgIpc) is 2.90. The summed E-state index contributed by atoms with van der Waals surface area (Å²) in [5.74, 6) is 0.807. The normalized spacial score (nSPS) is 27.6. The summed E-state index contributed by atoms with van der Waals surface area (Å²) in [5, 5.41) is 0. The summed E-state index contributed by atoms with van der Waals surface area (Å²) in [6.07, 6.45) is 4.52. The van der Waals surface area contributed by atoms with Crippen LogP contribution in [0.2, 0.25) is 0 Å². The number of piperidine rings is 1. The van der Waals surface area contributed by atoms with Gasteiger partial charge in [-0.1, -0.05) is 6.07 Å². The largest absolute Gasteiger partial charge is 0.472 e. The third-order valence-electron chi connectivity index (χ3n) is 4.44. The Balaban J connectivity index is 1.58. The van der Waals surface area contributed by atoms with Crippen molar-refractivity contribution in [3.63, 3.8) is 0 Å². The molecule has 2 fully saturated rings. The Kier molecular flexibility index (Phi) is 4.82. The van der Waals surface area contributed by atoms with Crippen molar-refractivity contribution in [3.8, 4) is 5.88 Å². The lowest BCUT2D eigenvalue weighted by atomic mass is 9.89. The predicted octanol–water partition coefficient (Wildman–Crippen LogP) is 1.17. The Morgan fingerprint density at radius 1 is 1.52 bits per heavy atom. The SMILES string of the molecule is CN(C)CC(=O)N1CCC[C@@]2(C[C@@H](Oc3ccccn3)CO2)C1. The second-order valence-corrected chi connectivity index (χ2v) is 6.76. The second-order valence-electron chi connectivity index (χ2n) is 6.76. The molecule has 0 radical (unpaired) electrons. The van der Waals surface area contributed by atoms with Gasteiger partial charge in [0, 0.05) is 31.8 Å². The molecule has 1 amide bonds. The highest BCUT2D eigenvalue weighted by Crippen LogP contribution is 2.36. The fourth-order valence-electron chi connectivity index (χ4n) is 3.43. The van der Waals surface area contributed by atoms with Gasteiger partial charge in [0.1, 0.15) is 6.10 Å². The summed E-state index contributed by atoms with van der Waals surface area (Å²) < 4.78 is 12.0. The van der Waals surface area contributed by atoms with Crippen LogP contribution in [0, 0.1) is 0 Å². The standard InChI is InChI=1S/C17H25N3O3/c1-19(2)11-16(21)20-9-5-7-17(13-20)10-14(12-22-17)23-15-6-3-4-8-18-15/h3-4,6,8,14H,5,7,9-13H2,1-2H3/t14-,17-/m1/s1. The Hall–Kier alpha value is -1.66. The van der Waals surface area contributed by atoms with Crippen molar-refractivity contribution in [1.29, 1.82) is 0 Å². The van der Waals surface area contributed by atoms with Crippen LogP contribution in [0.25, 0.3) is 0 Å². The number of likely N-dealkylation sites (tertiary alicyclic amines) is 1. The summed E-state index contributed by atoms with van der Waals surface area (Å²) in [7, 11) is 3.83. The highest BCUT2D eigenvalue weighted by Gasteiger charge is 2.45. The van der Waals surface area contributed by atoms with Crippen LogP contribution in [-0.4, -0.2) is 72.7 Å². The van der Waals surface area contributed by atoms with E-state index in [-0.39, 0.29) is 17.6 Å². The minimum absolute atomic E-state index is 0.00815. The fraction of sp³-hybridized carbons (Fsp3) is 0.647. The first-order valence-electron chi connectivity index (χ1n) is 8.20. The average molecular weight is 319 g/mol. The molecule has 0 aliphatic carbocycles. The first kappa shape index (κ1) is 16.2. The Morgan fingerprint density at radius 3 is 3.13 bits per heavy atom. The molecule has 0 unspecified atom stereocenters. The van der Waals surface area contributed by atoms with Gasteiger partial charge in [-0.05, 0) is 33.0 Å². The second kappa shape index (κ2) is 6.84. The molecule has 23 heavy (non-hydrogen) atoms. The van der Waals surface area contributed by atoms with Gasteiger partial charge in [0.15, 0.2) is 0 Å². The molecule has 3 rings (SSSR count). The molecule has 3 heterocycles. The van der Waals surface area contributed by atoms with Gasteiger partial charge >= 0.3 is 0 Å². The number of hydrogen-bond acceptors (Lipinski definition) is 5. The smallest absolute Gasteiger partial charge is 0.236 e. The van der Waals surface area contributed by atoms with E-state index in [2.05, 4.69) is 4.98 Å². The first-order valence-corrected chi connectivity index (χ1v) is 8.20. The Morgan fingerprint density at radius 2 is 2.39 bits per heavy atom. The Bertz CT molecular complexity index is 537. The zero-order valence-electron chi connectivity index (χ0n) is 13.9. The van der Waals surface area contributed by atoms with Gasteiger partial charge in [-0.2, -0.15) is 0 Å². The third-order valence-corrected chi connectivity index (χ3v) is 4.44. The molecule has 1 aromatic rings. The van der Waals surface area contributed by atoms with Crippen molar-refractivity contribution in [3.05, 3.63) is 24.4 Å². The maximum atomic E-state index is 12.3. The van der Waals surface area contributed by atoms with E-state index < -0.39 is 0 Å². The van der Waals surface area contributed by atoms with Crippen LogP contribution in [0.1, 0.15) is 19.3 Å². The van der Waals surface area contributed by atoms with Crippen molar-refractivity contribution in [2.75, 3.05) is 40.3 Å². The zero-order chi connectivity index (χ0) is 16.3. The molecule has 1 spiro atoms. The number of aromatic nitrogens is 1. The third kappa shape index (κ3) is 4.00. The summed E-state index contributed by atoms with van der Waals surface area (Å²) in [6.45, 7) is 2.50. The van der Waals surface area contributed by atoms with Crippen molar-refractivity contribution < 1.29 is 14.3 Å². The van der Waals surface area contributed by atoms with E-state index in [1.807, 2.05) is 42.1 Å². The minimum atomic E-state index is -0.250. The summed E-state index contributed by atoms with van der Waals surface area (Å²) >= 11 is 0. The molecule has 0 saturated carbocycles. The van der Waals surface area contributed by atoms with E-state index in [1.165, 1.54) is 0 Å². The lowest BCUT2D eigenvalue weighted by Crippen LogP contribution is -2.52. The van der Waals surface area contributed by atoms with E-state index in [9.17, 15) is 4.79 Å². The van der Waals surface area contributed by atoms with Crippen LogP contribution in [0.3, 0.4) is 0 Å². The molecule has 126 valence electrons. The van der Waals surface area contributed by atoms with E-state index in [1.54, 1.807) is 6.20 Å². The van der Waals surface area contributed by atoms with Gasteiger partial charge in [-0.3, -0.25) is 4.79 Å². The number of likely N-dealkylation sites (N-methyl/N-ethyl adjacent to an activating group) is 1. The molecule has 2 aliphatic heterocycles. The fourth-order valence-corrected chi connectivity index (χ4v) is 3.43. The molecular weight excluding hydrogens is 294 g/mol. The Labute approximate surface area is 137 Å². The highest BCUT2D eigenvalue weighted by atomic mass is 16.6. The number of ether oxygens (including phenoxy) is 2. The number of carbonyl (C=O) groups excluding carboxylic acids is 1. The number of rotatable bonds is 4. The summed E-state index contributed by atoms with van der Waals surface area (Å²) in [5.41, 5.74) is -0.250. The van der Waals surface area contributed by atoms with Gasteiger partial charge < -0.3 is 19.3 Å². The van der Waals surface area contributed by atoms with E-state index in [4.69, 9.17) is 9.47 Å². The van der Waals surface area contributed by atoms with Crippen molar-refractivity contribution >= 4 is 5.91 Å². The molecular formula is C17H25N3O3. The molecule has 0 aromatic carbocycles. The minimum Gasteiger partial charge on any atom is -0.472 e. The number of pyridine rings is 1. The molecule has 6 heteroatoms. The van der Waals surface area contributed by atoms with Gasteiger partial charge in [-0.25, -0.2) is 4.98 Å². The van der Waals surface area contributed by atoms with Crippen molar-refractivity contribution in [2.45, 2.75) is 31.0 Å². The van der Waals surface area contributed by atoms with E-state index in [0.717, 1.165) is 25.8 Å². The lowest BCUT2D eigenvalue weighted by Gasteiger charge is -2.40. The van der Waals surface area contributed by atoms with E-state index in [0.29, 0.717) is 25.6 Å². The lowest BCUT2D eigenvalue weighted by molar-refractivity contribution is -0.139. The van der Waals surface area contributed by atoms with E-state index >= 15 is 0 Å². The van der Waals surface area contributed by atoms with Crippen LogP contribution < -0.4 is 4.74 Å². The molecule has 2 aliphatic rings. The quantitative estimate of drug-likeness (QED) is 0.834. The van der Waals surface area contributed by atoms with Crippen LogP contribution in [0.5, 0.6) is 5.88 Å². The molecule has 0 N–H and O–H groups in total. The number of carbonyl (C=O) groups is 1. The maximum absolute atomic E-state index is 12.3. The number of hydrogen-bond donors (Lipinski definition) is 0. The number of nitrogens with zero attached hydrogens (tertiary/aromatic N) is 3. The van der Waals surface area contributed by atoms with Crippen LogP contribution in [0.4, 0.5) is 0 Å². The first-order chi connectivity index (χ1) is 11.1. The number of amides is 1. The van der Waals surface area contributed by atoms with Crippen molar-refractivity contribution in [1.82, 2.24) is 14.8 Å². The predicted molar refractivity (Wildman–Crippen MR) is 86.3 cm³/mol. The highest BCUT2D eigenvalue weighted by molar-refractivity contribution is 5.78. The van der Waals surface area contributed by atoms with Crippen LogP contribution in [0.15, 0.2) is 24.4 Å². The molecule has 0 bridgehead atoms. The molecule has 6 nitrogen and oxygen atoms in total. The van der Waals surface area contributed by atoms with Gasteiger partial charge in [0.2, 0.25) is 11.8 Å². The monoisotopic (exact) mass is 319 g/mol. The van der Waals surface area contributed by atoms with Crippen LogP contribution >= 0.6 is 0 Å². The topological polar surface area (TPSA) is 54.9 Å². The molecule has 2 saturated heterocycles. The maximum Gasteiger partial charge on any atom is 0.236 e. The van der Waals surface area contributed by atoms with Gasteiger partial charge in [0.25, 0.3) is 0 Å². The molecule has 2 atom stereocenters. The van der Waals surface area contributed by atoms with Crippen LogP contribution in [-0.2, 0) is 9.53 Å². The van der Waals surface area contributed by atoms with Gasteiger partial charge in [0.05, 0.1) is 18.8 Å².